The van der Waals surface area contributed by atoms with Crippen molar-refractivity contribution in [3.63, 3.8) is 0 Å². The molecule has 4 nitrogen and oxygen atoms in total. The minimum atomic E-state index is -0.515. The maximum atomic E-state index is 10.8. The lowest BCUT2D eigenvalue weighted by molar-refractivity contribution is 0.259. The smallest absolute Gasteiger partial charge is 0.316 e. The van der Waals surface area contributed by atoms with E-state index in [1.54, 1.807) is 0 Å². The van der Waals surface area contributed by atoms with Gasteiger partial charge in [0.25, 0.3) is 0 Å². The molecule has 1 unspecified atom stereocenters. The lowest BCUT2D eigenvalue weighted by Crippen LogP contribution is -2.28. The molecular formula is C14H23N3O. The molecule has 4 N–H and O–H groups in total. The lowest BCUT2D eigenvalue weighted by Gasteiger charge is -2.23. The van der Waals surface area contributed by atoms with Crippen LogP contribution in [0, 0.1) is 0 Å². The number of primary amides is 1. The Kier molecular flexibility index (Phi) is 6.22. The summed E-state index contributed by atoms with van der Waals surface area (Å²) in [4.78, 5) is 10.8. The van der Waals surface area contributed by atoms with Crippen LogP contribution >= 0.6 is 0 Å². The number of hydrogen-bond acceptors (Lipinski definition) is 2. The summed E-state index contributed by atoms with van der Waals surface area (Å²) in [7, 11) is 0. The number of benzene rings is 1. The van der Waals surface area contributed by atoms with Crippen molar-refractivity contribution >= 4 is 11.7 Å². The van der Waals surface area contributed by atoms with Gasteiger partial charge in [-0.3, -0.25) is 0 Å². The summed E-state index contributed by atoms with van der Waals surface area (Å²) in [6, 6.07) is 7.39. The largest absolute Gasteiger partial charge is 0.351 e. The van der Waals surface area contributed by atoms with Gasteiger partial charge in [-0.15, -0.1) is 0 Å². The number of anilines is 1. The third kappa shape index (κ3) is 4.37. The maximum absolute atomic E-state index is 10.8. The van der Waals surface area contributed by atoms with Crippen molar-refractivity contribution in [3.05, 3.63) is 29.8 Å². The molecule has 0 aliphatic carbocycles. The topological polar surface area (TPSA) is 67.2 Å². The zero-order valence-corrected chi connectivity index (χ0v) is 11.2. The van der Waals surface area contributed by atoms with Crippen molar-refractivity contribution in [2.75, 3.05) is 18.4 Å². The molecule has 1 saturated heterocycles. The first kappa shape index (κ1) is 14.5. The van der Waals surface area contributed by atoms with Gasteiger partial charge < -0.3 is 16.4 Å². The summed E-state index contributed by atoms with van der Waals surface area (Å²) in [6.45, 7) is 6.12. The number of piperidine rings is 1. The average Bonchev–Trinajstić information content (AvgIpc) is 2.42. The molecule has 100 valence electrons. The van der Waals surface area contributed by atoms with Crippen LogP contribution in [0.4, 0.5) is 10.5 Å². The van der Waals surface area contributed by atoms with Crippen molar-refractivity contribution in [1.82, 2.24) is 5.32 Å². The summed E-state index contributed by atoms with van der Waals surface area (Å²) in [6.07, 6.45) is 2.41. The molecule has 0 bridgehead atoms. The maximum Gasteiger partial charge on any atom is 0.316 e. The SMILES string of the molecule is CC.NC(=O)Nc1cccc(C2CCCNC2)c1. The molecule has 0 radical (unpaired) electrons. The van der Waals surface area contributed by atoms with Crippen LogP contribution in [0.2, 0.25) is 0 Å². The standard InChI is InChI=1S/C12H17N3O.C2H6/c13-12(16)15-11-5-1-3-9(7-11)10-4-2-6-14-8-10;1-2/h1,3,5,7,10,14H,2,4,6,8H2,(H3,13,15,16);1-2H3. The van der Waals surface area contributed by atoms with Gasteiger partial charge in [-0.25, -0.2) is 4.79 Å². The summed E-state index contributed by atoms with van der Waals surface area (Å²) in [5.41, 5.74) is 7.13. The zero-order chi connectivity index (χ0) is 13.4. The second-order valence-electron chi connectivity index (χ2n) is 4.16. The highest BCUT2D eigenvalue weighted by atomic mass is 16.2. The van der Waals surface area contributed by atoms with E-state index in [9.17, 15) is 4.79 Å². The van der Waals surface area contributed by atoms with Crippen LogP contribution in [-0.2, 0) is 0 Å². The Morgan fingerprint density at radius 3 is 2.83 bits per heavy atom. The predicted octanol–water partition coefficient (Wildman–Crippen LogP) is 2.67. The number of amides is 2. The molecule has 1 aromatic carbocycles. The molecule has 1 atom stereocenters. The molecule has 0 aromatic heterocycles. The van der Waals surface area contributed by atoms with E-state index in [0.717, 1.165) is 18.8 Å². The van der Waals surface area contributed by atoms with Gasteiger partial charge in [0.05, 0.1) is 0 Å². The van der Waals surface area contributed by atoms with Gasteiger partial charge in [0.1, 0.15) is 0 Å². The number of carbonyl (C=O) groups is 1. The van der Waals surface area contributed by atoms with Crippen LogP contribution < -0.4 is 16.4 Å². The zero-order valence-electron chi connectivity index (χ0n) is 11.2. The summed E-state index contributed by atoms with van der Waals surface area (Å²) < 4.78 is 0. The minimum absolute atomic E-state index is 0.515. The minimum Gasteiger partial charge on any atom is -0.351 e. The number of nitrogens with two attached hydrogens (primary N) is 1. The monoisotopic (exact) mass is 249 g/mol. The number of urea groups is 1. The second-order valence-corrected chi connectivity index (χ2v) is 4.16. The molecule has 0 saturated carbocycles. The molecular weight excluding hydrogens is 226 g/mol. The Morgan fingerprint density at radius 1 is 1.44 bits per heavy atom. The predicted molar refractivity (Wildman–Crippen MR) is 75.8 cm³/mol. The van der Waals surface area contributed by atoms with Gasteiger partial charge in [0.15, 0.2) is 0 Å². The fraction of sp³-hybridized carbons (Fsp3) is 0.500. The van der Waals surface area contributed by atoms with Crippen molar-refractivity contribution in [3.8, 4) is 0 Å². The van der Waals surface area contributed by atoms with E-state index in [1.807, 2.05) is 32.0 Å². The fourth-order valence-electron chi connectivity index (χ4n) is 2.15. The van der Waals surface area contributed by atoms with Crippen LogP contribution in [-0.4, -0.2) is 19.1 Å². The molecule has 4 heteroatoms. The van der Waals surface area contributed by atoms with Crippen LogP contribution in [0.3, 0.4) is 0 Å². The van der Waals surface area contributed by atoms with Crippen LogP contribution in [0.25, 0.3) is 0 Å². The molecule has 1 aromatic rings. The average molecular weight is 249 g/mol. The van der Waals surface area contributed by atoms with Gasteiger partial charge in [-0.2, -0.15) is 0 Å². The van der Waals surface area contributed by atoms with Crippen molar-refractivity contribution < 1.29 is 4.79 Å². The van der Waals surface area contributed by atoms with Crippen molar-refractivity contribution in [2.45, 2.75) is 32.6 Å². The molecule has 0 spiro atoms. The number of nitrogens with one attached hydrogen (secondary N) is 2. The third-order valence-electron chi connectivity index (χ3n) is 2.92. The Balaban J connectivity index is 0.000000771. The fourth-order valence-corrected chi connectivity index (χ4v) is 2.15. The molecule has 1 aliphatic heterocycles. The van der Waals surface area contributed by atoms with Crippen LogP contribution in [0.5, 0.6) is 0 Å². The summed E-state index contributed by atoms with van der Waals surface area (Å²) in [5.74, 6) is 0.545. The van der Waals surface area contributed by atoms with Crippen molar-refractivity contribution in [2.24, 2.45) is 5.73 Å². The van der Waals surface area contributed by atoms with Crippen molar-refractivity contribution in [1.29, 1.82) is 0 Å². The van der Waals surface area contributed by atoms with E-state index in [1.165, 1.54) is 18.4 Å². The van der Waals surface area contributed by atoms with Crippen LogP contribution in [0.1, 0.15) is 38.2 Å². The molecule has 18 heavy (non-hydrogen) atoms. The highest BCUT2D eigenvalue weighted by Gasteiger charge is 2.15. The van der Waals surface area contributed by atoms with E-state index in [0.29, 0.717) is 5.92 Å². The summed E-state index contributed by atoms with van der Waals surface area (Å²) in [5, 5.41) is 5.98. The number of rotatable bonds is 2. The van der Waals surface area contributed by atoms with Gasteiger partial charge in [0, 0.05) is 12.2 Å². The normalized spacial score (nSPS) is 18.4. The summed E-state index contributed by atoms with van der Waals surface area (Å²) >= 11 is 0. The third-order valence-corrected chi connectivity index (χ3v) is 2.92. The Hall–Kier alpha value is -1.55. The molecule has 2 amide bonds. The van der Waals surface area contributed by atoms with Gasteiger partial charge in [0.2, 0.25) is 0 Å². The van der Waals surface area contributed by atoms with E-state index >= 15 is 0 Å². The van der Waals surface area contributed by atoms with Gasteiger partial charge in [-0.05, 0) is 43.0 Å². The Bertz CT molecular complexity index is 373. The molecule has 1 fully saturated rings. The van der Waals surface area contributed by atoms with E-state index < -0.39 is 6.03 Å². The van der Waals surface area contributed by atoms with Gasteiger partial charge in [-0.1, -0.05) is 26.0 Å². The number of carbonyl (C=O) groups excluding carboxylic acids is 1. The quantitative estimate of drug-likeness (QED) is 0.754. The van der Waals surface area contributed by atoms with Crippen LogP contribution in [0.15, 0.2) is 24.3 Å². The van der Waals surface area contributed by atoms with E-state index in [2.05, 4.69) is 16.7 Å². The van der Waals surface area contributed by atoms with E-state index in [-0.39, 0.29) is 0 Å². The molecule has 2 rings (SSSR count). The first-order valence-electron chi connectivity index (χ1n) is 6.63. The molecule has 1 heterocycles. The first-order chi connectivity index (χ1) is 8.75. The lowest BCUT2D eigenvalue weighted by atomic mass is 9.91. The Morgan fingerprint density at radius 2 is 2.22 bits per heavy atom. The Labute approximate surface area is 109 Å². The highest BCUT2D eigenvalue weighted by Crippen LogP contribution is 2.25. The first-order valence-corrected chi connectivity index (χ1v) is 6.63. The number of hydrogen-bond donors (Lipinski definition) is 3. The van der Waals surface area contributed by atoms with Gasteiger partial charge >= 0.3 is 6.03 Å². The second kappa shape index (κ2) is 7.71. The molecule has 1 aliphatic rings. The highest BCUT2D eigenvalue weighted by molar-refractivity contribution is 5.87. The van der Waals surface area contributed by atoms with E-state index in [4.69, 9.17) is 5.73 Å².